The van der Waals surface area contributed by atoms with Crippen molar-refractivity contribution in [3.63, 3.8) is 0 Å². The number of carbonyl (C=O) groups is 1. The molecule has 0 radical (unpaired) electrons. The summed E-state index contributed by atoms with van der Waals surface area (Å²) >= 11 is 0. The van der Waals surface area contributed by atoms with Gasteiger partial charge in [-0.25, -0.2) is 17.8 Å². The van der Waals surface area contributed by atoms with Crippen LogP contribution in [0, 0.1) is 5.82 Å². The lowest BCUT2D eigenvalue weighted by atomic mass is 10.1. The van der Waals surface area contributed by atoms with Crippen molar-refractivity contribution in [2.45, 2.75) is 31.7 Å². The summed E-state index contributed by atoms with van der Waals surface area (Å²) in [4.78, 5) is 20.9. The standard InChI is InChI=1S/C21H28FN3O4S/c1-24(2)11-3-12-25(18-10-13-30(27,28)15-18)21(26)9-8-20-23-14-19(29-20)16-4-6-17(22)7-5-16/h4-7,14,18H,3,8-13,15H2,1-2H3. The Hall–Kier alpha value is -2.26. The summed E-state index contributed by atoms with van der Waals surface area (Å²) in [6.07, 6.45) is 3.35. The van der Waals surface area contributed by atoms with Gasteiger partial charge in [-0.15, -0.1) is 0 Å². The molecule has 1 fully saturated rings. The number of benzene rings is 1. The summed E-state index contributed by atoms with van der Waals surface area (Å²) in [5, 5.41) is 0. The number of nitrogens with zero attached hydrogens (tertiary/aromatic N) is 3. The quantitative estimate of drug-likeness (QED) is 0.599. The van der Waals surface area contributed by atoms with E-state index in [1.165, 1.54) is 12.1 Å². The molecule has 9 heteroatoms. The number of sulfone groups is 1. The van der Waals surface area contributed by atoms with Crippen molar-refractivity contribution in [3.05, 3.63) is 42.2 Å². The van der Waals surface area contributed by atoms with E-state index in [1.807, 2.05) is 19.0 Å². The molecule has 1 atom stereocenters. The first-order chi connectivity index (χ1) is 14.2. The van der Waals surface area contributed by atoms with Crippen LogP contribution in [0.15, 0.2) is 34.9 Å². The first kappa shape index (κ1) is 22.4. The lowest BCUT2D eigenvalue weighted by Crippen LogP contribution is -2.42. The van der Waals surface area contributed by atoms with Gasteiger partial charge in [0.25, 0.3) is 0 Å². The Bertz CT molecular complexity index is 957. The van der Waals surface area contributed by atoms with E-state index in [0.717, 1.165) is 13.0 Å². The molecule has 0 bridgehead atoms. The molecule has 1 aliphatic rings. The van der Waals surface area contributed by atoms with Gasteiger partial charge in [0.05, 0.1) is 17.7 Å². The zero-order valence-electron chi connectivity index (χ0n) is 17.4. The minimum Gasteiger partial charge on any atom is -0.441 e. The van der Waals surface area contributed by atoms with E-state index in [1.54, 1.807) is 23.2 Å². The predicted molar refractivity (Wildman–Crippen MR) is 112 cm³/mol. The smallest absolute Gasteiger partial charge is 0.223 e. The molecule has 0 saturated carbocycles. The van der Waals surface area contributed by atoms with Crippen LogP contribution >= 0.6 is 0 Å². The van der Waals surface area contributed by atoms with E-state index in [9.17, 15) is 17.6 Å². The van der Waals surface area contributed by atoms with Crippen LogP contribution in [-0.2, 0) is 21.1 Å². The number of hydrogen-bond acceptors (Lipinski definition) is 6. The van der Waals surface area contributed by atoms with Crippen molar-refractivity contribution < 1.29 is 22.0 Å². The minimum absolute atomic E-state index is 0.0361. The van der Waals surface area contributed by atoms with Gasteiger partial charge in [0.1, 0.15) is 5.82 Å². The molecule has 30 heavy (non-hydrogen) atoms. The highest BCUT2D eigenvalue weighted by atomic mass is 32.2. The molecule has 1 aromatic carbocycles. The monoisotopic (exact) mass is 437 g/mol. The fourth-order valence-electron chi connectivity index (χ4n) is 3.62. The number of oxazole rings is 1. The third-order valence-electron chi connectivity index (χ3n) is 5.21. The second kappa shape index (κ2) is 9.70. The average Bonchev–Trinajstić information content (AvgIpc) is 3.30. The van der Waals surface area contributed by atoms with Gasteiger partial charge in [-0.05, 0) is 57.7 Å². The van der Waals surface area contributed by atoms with E-state index in [-0.39, 0.29) is 35.7 Å². The number of aryl methyl sites for hydroxylation is 1. The van der Waals surface area contributed by atoms with Gasteiger partial charge in [0, 0.05) is 31.0 Å². The van der Waals surface area contributed by atoms with Gasteiger partial charge >= 0.3 is 0 Å². The molecule has 7 nitrogen and oxygen atoms in total. The van der Waals surface area contributed by atoms with Gasteiger partial charge < -0.3 is 14.2 Å². The summed E-state index contributed by atoms with van der Waals surface area (Å²) in [6, 6.07) is 5.66. The molecule has 3 rings (SSSR count). The topological polar surface area (TPSA) is 83.7 Å². The average molecular weight is 438 g/mol. The van der Waals surface area contributed by atoms with Crippen LogP contribution in [0.2, 0.25) is 0 Å². The van der Waals surface area contributed by atoms with Crippen molar-refractivity contribution in [2.75, 3.05) is 38.7 Å². The second-order valence-corrected chi connectivity index (χ2v) is 10.2. The van der Waals surface area contributed by atoms with E-state index < -0.39 is 9.84 Å². The zero-order chi connectivity index (χ0) is 21.7. The summed E-state index contributed by atoms with van der Waals surface area (Å²) < 4.78 is 42.6. The molecule has 0 N–H and O–H groups in total. The first-order valence-corrected chi connectivity index (χ1v) is 11.9. The van der Waals surface area contributed by atoms with Crippen LogP contribution < -0.4 is 0 Å². The Morgan fingerprint density at radius 3 is 2.60 bits per heavy atom. The molecule has 0 spiro atoms. The third-order valence-corrected chi connectivity index (χ3v) is 6.96. The fourth-order valence-corrected chi connectivity index (χ4v) is 5.35. The van der Waals surface area contributed by atoms with Gasteiger partial charge in [-0.1, -0.05) is 0 Å². The largest absolute Gasteiger partial charge is 0.441 e. The first-order valence-electron chi connectivity index (χ1n) is 10.1. The van der Waals surface area contributed by atoms with E-state index >= 15 is 0 Å². The molecule has 2 aromatic rings. The Kier molecular flexibility index (Phi) is 7.25. The fraction of sp³-hybridized carbons (Fsp3) is 0.524. The van der Waals surface area contributed by atoms with Crippen molar-refractivity contribution in [2.24, 2.45) is 0 Å². The highest BCUT2D eigenvalue weighted by Gasteiger charge is 2.34. The number of halogens is 1. The lowest BCUT2D eigenvalue weighted by Gasteiger charge is -2.29. The summed E-state index contributed by atoms with van der Waals surface area (Å²) in [7, 11) is 0.857. The number of aromatic nitrogens is 1. The molecule has 0 aliphatic carbocycles. The molecular formula is C21H28FN3O4S. The maximum atomic E-state index is 13.1. The highest BCUT2D eigenvalue weighted by molar-refractivity contribution is 7.91. The Labute approximate surface area is 176 Å². The molecule has 1 unspecified atom stereocenters. The SMILES string of the molecule is CN(C)CCCN(C(=O)CCc1ncc(-c2ccc(F)cc2)o1)C1CCS(=O)(=O)C1. The van der Waals surface area contributed by atoms with Gasteiger partial charge in [0.2, 0.25) is 5.91 Å². The molecule has 1 saturated heterocycles. The Morgan fingerprint density at radius 1 is 1.23 bits per heavy atom. The summed E-state index contributed by atoms with van der Waals surface area (Å²) in [5.74, 6) is 0.700. The van der Waals surface area contributed by atoms with E-state index in [4.69, 9.17) is 4.42 Å². The highest BCUT2D eigenvalue weighted by Crippen LogP contribution is 2.22. The number of amides is 1. The molecular weight excluding hydrogens is 409 g/mol. The van der Waals surface area contributed by atoms with Gasteiger partial charge in [-0.2, -0.15) is 0 Å². The van der Waals surface area contributed by atoms with Crippen molar-refractivity contribution in [1.82, 2.24) is 14.8 Å². The molecule has 1 aliphatic heterocycles. The van der Waals surface area contributed by atoms with E-state index in [0.29, 0.717) is 36.6 Å². The normalized spacial score (nSPS) is 18.1. The van der Waals surface area contributed by atoms with Crippen molar-refractivity contribution in [1.29, 1.82) is 0 Å². The van der Waals surface area contributed by atoms with Crippen molar-refractivity contribution >= 4 is 15.7 Å². The predicted octanol–water partition coefficient (Wildman–Crippen LogP) is 2.38. The molecule has 164 valence electrons. The number of hydrogen-bond donors (Lipinski definition) is 0. The summed E-state index contributed by atoms with van der Waals surface area (Å²) in [5.41, 5.74) is 0.711. The van der Waals surface area contributed by atoms with Crippen molar-refractivity contribution in [3.8, 4) is 11.3 Å². The maximum absolute atomic E-state index is 13.1. The van der Waals surface area contributed by atoms with E-state index in [2.05, 4.69) is 4.98 Å². The van der Waals surface area contributed by atoms with Crippen LogP contribution in [-0.4, -0.2) is 73.8 Å². The minimum atomic E-state index is -3.07. The lowest BCUT2D eigenvalue weighted by molar-refractivity contribution is -0.133. The second-order valence-electron chi connectivity index (χ2n) is 7.93. The van der Waals surface area contributed by atoms with Gasteiger partial charge in [-0.3, -0.25) is 4.79 Å². The molecule has 2 heterocycles. The van der Waals surface area contributed by atoms with Crippen LogP contribution in [0.5, 0.6) is 0 Å². The number of rotatable bonds is 9. The Morgan fingerprint density at radius 2 is 1.97 bits per heavy atom. The van der Waals surface area contributed by atoms with Crippen LogP contribution in [0.25, 0.3) is 11.3 Å². The van der Waals surface area contributed by atoms with Crippen LogP contribution in [0.3, 0.4) is 0 Å². The summed E-state index contributed by atoms with van der Waals surface area (Å²) in [6.45, 7) is 1.35. The maximum Gasteiger partial charge on any atom is 0.223 e. The van der Waals surface area contributed by atoms with Gasteiger partial charge in [0.15, 0.2) is 21.5 Å². The number of carbonyl (C=O) groups excluding carboxylic acids is 1. The molecule has 1 aromatic heterocycles. The Balaban J connectivity index is 1.61. The zero-order valence-corrected chi connectivity index (χ0v) is 18.2. The third kappa shape index (κ3) is 6.12. The molecule has 1 amide bonds. The van der Waals surface area contributed by atoms with Crippen LogP contribution in [0.4, 0.5) is 4.39 Å². The van der Waals surface area contributed by atoms with Crippen LogP contribution in [0.1, 0.15) is 25.2 Å².